The van der Waals surface area contributed by atoms with Crippen LogP contribution in [0.3, 0.4) is 0 Å². The van der Waals surface area contributed by atoms with Crippen molar-refractivity contribution in [3.63, 3.8) is 0 Å². The molecule has 364 valence electrons. The van der Waals surface area contributed by atoms with Crippen LogP contribution >= 0.6 is 45.3 Å². The summed E-state index contributed by atoms with van der Waals surface area (Å²) in [6.45, 7) is 0.0569. The highest BCUT2D eigenvalue weighted by atomic mass is 32.1. The van der Waals surface area contributed by atoms with E-state index in [4.69, 9.17) is 19.5 Å². The molecule has 6 aromatic heterocycles. The van der Waals surface area contributed by atoms with Gasteiger partial charge in [0, 0.05) is 23.7 Å². The normalized spacial score (nSPS) is 26.2. The van der Waals surface area contributed by atoms with E-state index in [1.54, 1.807) is 21.3 Å². The van der Waals surface area contributed by atoms with Gasteiger partial charge in [0.25, 0.3) is 0 Å². The van der Waals surface area contributed by atoms with Gasteiger partial charge in [-0.3, -0.25) is 19.2 Å². The van der Waals surface area contributed by atoms with Gasteiger partial charge in [0.15, 0.2) is 34.6 Å². The lowest BCUT2D eigenvalue weighted by molar-refractivity contribution is -0.123. The van der Waals surface area contributed by atoms with Crippen molar-refractivity contribution >= 4 is 152 Å². The highest BCUT2D eigenvalue weighted by Crippen LogP contribution is 2.55. The lowest BCUT2D eigenvalue weighted by Gasteiger charge is -2.39. The van der Waals surface area contributed by atoms with Crippen LogP contribution in [0.15, 0.2) is 82.8 Å². The zero-order chi connectivity index (χ0) is 48.5. The number of aliphatic imine (C=N–C) groups is 2. The Morgan fingerprint density at radius 3 is 1.15 bits per heavy atom. The van der Waals surface area contributed by atoms with Crippen LogP contribution < -0.4 is 0 Å². The molecule has 8 unspecified atom stereocenters. The molecule has 0 radical (unpaired) electrons. The SMILES string of the molecule is O=C1C(=Nc2cc3c(s2)c2sc4c(sc5c6sc(N=C7C(=O)C8CC9CCCCC9CC8C7=O)cc6n(C(=O)OCc6ccccc6)c54)c2n3C(=O)OCc2ccccc2)C(=O)C2CC3CCCCC3CC12. The Bertz CT molecular complexity index is 3390. The van der Waals surface area contributed by atoms with Gasteiger partial charge in [-0.15, -0.1) is 45.3 Å². The second kappa shape index (κ2) is 17.3. The monoisotopic (exact) mass is 1030 g/mol. The first kappa shape index (κ1) is 44.7. The second-order valence-corrected chi connectivity index (χ2v) is 25.0. The van der Waals surface area contributed by atoms with Crippen LogP contribution in [0.2, 0.25) is 0 Å². The van der Waals surface area contributed by atoms with Crippen molar-refractivity contribution in [2.45, 2.75) is 90.3 Å². The number of carbonyl (C=O) groups is 6. The number of hydrogen-bond acceptors (Lipinski definition) is 14. The predicted molar refractivity (Wildman–Crippen MR) is 283 cm³/mol. The Balaban J connectivity index is 0.897. The molecule has 6 heterocycles. The van der Waals surface area contributed by atoms with Gasteiger partial charge in [0.05, 0.1) is 50.3 Å². The van der Waals surface area contributed by atoms with Crippen LogP contribution in [0.5, 0.6) is 0 Å². The molecular weight excluding hydrogens is 985 g/mol. The lowest BCUT2D eigenvalue weighted by atomic mass is 9.64. The second-order valence-electron chi connectivity index (χ2n) is 20.9. The summed E-state index contributed by atoms with van der Waals surface area (Å²) in [4.78, 5) is 94.9. The number of ether oxygens (including phenoxy) is 2. The molecular formula is C56H48N4O8S4. The highest BCUT2D eigenvalue weighted by Gasteiger charge is 2.54. The maximum Gasteiger partial charge on any atom is 0.419 e. The molecule has 6 aliphatic rings. The molecule has 0 saturated heterocycles. The fraction of sp³-hybridized carbons (Fsp3) is 0.393. The number of ketones is 4. The topological polar surface area (TPSA) is 155 Å². The molecule has 6 saturated carbocycles. The maximum absolute atomic E-state index is 14.6. The van der Waals surface area contributed by atoms with Gasteiger partial charge >= 0.3 is 12.2 Å². The highest BCUT2D eigenvalue weighted by molar-refractivity contribution is 7.40. The molecule has 14 rings (SSSR count). The van der Waals surface area contributed by atoms with E-state index in [1.165, 1.54) is 71.0 Å². The van der Waals surface area contributed by atoms with E-state index < -0.39 is 12.2 Å². The van der Waals surface area contributed by atoms with Crippen LogP contribution in [-0.4, -0.2) is 55.9 Å². The molecule has 0 amide bonds. The smallest absolute Gasteiger partial charge is 0.419 e. The van der Waals surface area contributed by atoms with Crippen molar-refractivity contribution in [3.05, 3.63) is 83.9 Å². The Morgan fingerprint density at radius 2 is 0.806 bits per heavy atom. The summed E-state index contributed by atoms with van der Waals surface area (Å²) in [5, 5.41) is 0.918. The molecule has 8 atom stereocenters. The Labute approximate surface area is 428 Å². The number of thiophene rings is 4. The van der Waals surface area contributed by atoms with Crippen molar-refractivity contribution in [1.29, 1.82) is 0 Å². The van der Waals surface area contributed by atoms with E-state index in [2.05, 4.69) is 0 Å². The first-order valence-electron chi connectivity index (χ1n) is 25.4. The van der Waals surface area contributed by atoms with Gasteiger partial charge in [0.1, 0.15) is 23.2 Å². The van der Waals surface area contributed by atoms with E-state index in [-0.39, 0.29) is 71.4 Å². The minimum absolute atomic E-state index is 0.0185. The number of benzene rings is 2. The lowest BCUT2D eigenvalue weighted by Crippen LogP contribution is -2.35. The minimum atomic E-state index is -0.606. The van der Waals surface area contributed by atoms with Gasteiger partial charge in [0.2, 0.25) is 0 Å². The van der Waals surface area contributed by atoms with E-state index in [9.17, 15) is 28.8 Å². The third-order valence-electron chi connectivity index (χ3n) is 17.0. The van der Waals surface area contributed by atoms with Gasteiger partial charge < -0.3 is 9.47 Å². The van der Waals surface area contributed by atoms with Crippen LogP contribution in [0.1, 0.15) is 88.2 Å². The van der Waals surface area contributed by atoms with E-state index in [0.717, 1.165) is 90.7 Å². The number of hydrogen-bond donors (Lipinski definition) is 0. The Kier molecular flexibility index (Phi) is 10.8. The number of rotatable bonds is 6. The summed E-state index contributed by atoms with van der Waals surface area (Å²) in [5.41, 5.74) is 4.02. The summed E-state index contributed by atoms with van der Waals surface area (Å²) >= 11 is 5.56. The van der Waals surface area contributed by atoms with E-state index in [0.29, 0.717) is 55.7 Å². The molecule has 0 N–H and O–H groups in total. The van der Waals surface area contributed by atoms with Crippen molar-refractivity contribution < 1.29 is 38.2 Å². The van der Waals surface area contributed by atoms with Gasteiger partial charge in [-0.1, -0.05) is 112 Å². The van der Waals surface area contributed by atoms with Crippen LogP contribution in [-0.2, 0) is 41.9 Å². The molecule has 0 aliphatic heterocycles. The zero-order valence-electron chi connectivity index (χ0n) is 39.1. The summed E-state index contributed by atoms with van der Waals surface area (Å²) in [7, 11) is 0. The number of aromatic nitrogens is 2. The zero-order valence-corrected chi connectivity index (χ0v) is 42.4. The van der Waals surface area contributed by atoms with Crippen molar-refractivity contribution in [2.24, 2.45) is 57.3 Å². The number of carbonyl (C=O) groups excluding carboxylic acids is 6. The summed E-state index contributed by atoms with van der Waals surface area (Å²) in [6, 6.07) is 22.5. The van der Waals surface area contributed by atoms with Crippen molar-refractivity contribution in [2.75, 3.05) is 0 Å². The molecule has 0 bridgehead atoms. The first-order valence-corrected chi connectivity index (χ1v) is 28.7. The van der Waals surface area contributed by atoms with Gasteiger partial charge in [-0.05, 0) is 72.6 Å². The first-order chi connectivity index (χ1) is 35.2. The number of nitrogens with zero attached hydrogens (tertiary/aromatic N) is 4. The third kappa shape index (κ3) is 7.05. The standard InChI is InChI=1S/C56H48N4O8S4/c61-45-33-19-29-15-7-8-16-30(29)20-34(33)46(62)41(45)57-39-23-37-49(69-39)51-43(59(37)55(65)67-25-27-11-3-1-4-12-27)53-54(71-51)44-52(72-53)50-38(60(44)56(66)68-26-28-13-5-2-6-14-28)24-40(70-50)58-42-47(63)35-21-31-17-9-10-18-32(31)22-36(35)48(42)64/h1-6,11-14,23-24,29-36H,7-10,15-22,25-26H2. The van der Waals surface area contributed by atoms with Crippen LogP contribution in [0.25, 0.3) is 50.3 Å². The summed E-state index contributed by atoms with van der Waals surface area (Å²) in [5.74, 6) is 0.0124. The minimum Gasteiger partial charge on any atom is -0.444 e. The quantitative estimate of drug-likeness (QED) is 0.159. The molecule has 16 heteroatoms. The fourth-order valence-electron chi connectivity index (χ4n) is 13.6. The average molecular weight is 1030 g/mol. The van der Waals surface area contributed by atoms with Gasteiger partial charge in [-0.2, -0.15) is 0 Å². The molecule has 8 aromatic rings. The van der Waals surface area contributed by atoms with Crippen molar-refractivity contribution in [1.82, 2.24) is 9.13 Å². The van der Waals surface area contributed by atoms with Gasteiger partial charge in [-0.25, -0.2) is 28.7 Å². The van der Waals surface area contributed by atoms with E-state index in [1.807, 2.05) is 60.7 Å². The average Bonchev–Trinajstić information content (AvgIpc) is 4.29. The fourth-order valence-corrected chi connectivity index (χ4v) is 18.8. The molecule has 6 fully saturated rings. The summed E-state index contributed by atoms with van der Waals surface area (Å²) in [6.07, 6.45) is 10.9. The van der Waals surface area contributed by atoms with E-state index >= 15 is 0 Å². The van der Waals surface area contributed by atoms with Crippen molar-refractivity contribution in [3.8, 4) is 0 Å². The van der Waals surface area contributed by atoms with Crippen LogP contribution in [0.4, 0.5) is 19.6 Å². The summed E-state index contributed by atoms with van der Waals surface area (Å²) < 4.78 is 19.8. The number of fused-ring (bicyclic) bond motifs is 13. The number of Topliss-reactive ketones (excluding diaryl/α,β-unsaturated/α-hetero) is 4. The largest absolute Gasteiger partial charge is 0.444 e. The molecule has 12 nitrogen and oxygen atoms in total. The Hall–Kier alpha value is -5.94. The molecule has 6 aliphatic carbocycles. The predicted octanol–water partition coefficient (Wildman–Crippen LogP) is 13.8. The Morgan fingerprint density at radius 1 is 0.472 bits per heavy atom. The molecule has 2 aromatic carbocycles. The molecule has 0 spiro atoms. The molecule has 72 heavy (non-hydrogen) atoms. The van der Waals surface area contributed by atoms with Crippen LogP contribution in [0, 0.1) is 47.3 Å². The third-order valence-corrected chi connectivity index (χ3v) is 21.9. The maximum atomic E-state index is 14.6.